The molecular weight excluding hydrogens is 224 g/mol. The zero-order valence-corrected chi connectivity index (χ0v) is 11.7. The van der Waals surface area contributed by atoms with Crippen molar-refractivity contribution >= 4 is 5.78 Å². The highest BCUT2D eigenvalue weighted by Gasteiger charge is 2.30. The molecule has 1 aliphatic heterocycles. The van der Waals surface area contributed by atoms with E-state index in [9.17, 15) is 4.79 Å². The number of Topliss-reactive ketones (excluding diaryl/α,β-unsaturated/α-hetero) is 1. The number of fused-ring (bicyclic) bond motifs is 1. The second kappa shape index (κ2) is 4.75. The van der Waals surface area contributed by atoms with E-state index in [0.717, 1.165) is 36.1 Å². The third-order valence-electron chi connectivity index (χ3n) is 3.52. The second-order valence-corrected chi connectivity index (χ2v) is 5.92. The van der Waals surface area contributed by atoms with Crippen molar-refractivity contribution in [2.75, 3.05) is 0 Å². The minimum atomic E-state index is -0.140. The van der Waals surface area contributed by atoms with E-state index in [1.807, 2.05) is 25.1 Å². The lowest BCUT2D eigenvalue weighted by Crippen LogP contribution is -2.24. The Morgan fingerprint density at radius 3 is 2.83 bits per heavy atom. The number of carbonyl (C=O) groups is 1. The van der Waals surface area contributed by atoms with Crippen LogP contribution in [-0.2, 0) is 6.42 Å². The van der Waals surface area contributed by atoms with Crippen molar-refractivity contribution in [3.8, 4) is 5.75 Å². The van der Waals surface area contributed by atoms with Crippen molar-refractivity contribution < 1.29 is 9.53 Å². The van der Waals surface area contributed by atoms with E-state index in [2.05, 4.69) is 20.8 Å². The van der Waals surface area contributed by atoms with Gasteiger partial charge in [0.15, 0.2) is 5.78 Å². The summed E-state index contributed by atoms with van der Waals surface area (Å²) < 4.78 is 5.83. The molecule has 0 bridgehead atoms. The van der Waals surface area contributed by atoms with Crippen molar-refractivity contribution in [2.45, 2.75) is 52.6 Å². The fourth-order valence-electron chi connectivity index (χ4n) is 2.61. The smallest absolute Gasteiger partial charge is 0.165 e. The zero-order valence-electron chi connectivity index (χ0n) is 11.7. The highest BCUT2D eigenvalue weighted by Crippen LogP contribution is 2.35. The molecule has 0 saturated carbocycles. The molecule has 0 N–H and O–H groups in total. The molecule has 0 fully saturated rings. The molecule has 1 aromatic rings. The van der Waals surface area contributed by atoms with E-state index in [1.54, 1.807) is 0 Å². The van der Waals surface area contributed by atoms with Gasteiger partial charge in [-0.05, 0) is 44.0 Å². The molecule has 18 heavy (non-hydrogen) atoms. The minimum Gasteiger partial charge on any atom is -0.487 e. The van der Waals surface area contributed by atoms with E-state index >= 15 is 0 Å². The molecule has 2 heteroatoms. The van der Waals surface area contributed by atoms with Gasteiger partial charge >= 0.3 is 0 Å². The van der Waals surface area contributed by atoms with E-state index in [0.29, 0.717) is 0 Å². The summed E-state index contributed by atoms with van der Waals surface area (Å²) in [5.41, 5.74) is 1.85. The van der Waals surface area contributed by atoms with Gasteiger partial charge < -0.3 is 4.74 Å². The zero-order chi connectivity index (χ0) is 13.3. The van der Waals surface area contributed by atoms with Crippen molar-refractivity contribution in [3.63, 3.8) is 0 Å². The Balaban J connectivity index is 2.21. The average Bonchev–Trinajstić information content (AvgIpc) is 2.60. The highest BCUT2D eigenvalue weighted by molar-refractivity contribution is 5.98. The summed E-state index contributed by atoms with van der Waals surface area (Å²) in [6.07, 6.45) is 2.89. The molecule has 2 rings (SSSR count). The summed E-state index contributed by atoms with van der Waals surface area (Å²) in [6, 6.07) is 5.85. The molecule has 0 amide bonds. The maximum atomic E-state index is 12.3. The van der Waals surface area contributed by atoms with Gasteiger partial charge in [0.1, 0.15) is 11.4 Å². The van der Waals surface area contributed by atoms with Crippen molar-refractivity contribution in [2.24, 2.45) is 5.92 Å². The van der Waals surface area contributed by atoms with Crippen LogP contribution in [0.5, 0.6) is 5.75 Å². The predicted molar refractivity (Wildman–Crippen MR) is 73.3 cm³/mol. The summed E-state index contributed by atoms with van der Waals surface area (Å²) >= 11 is 0. The summed E-state index contributed by atoms with van der Waals surface area (Å²) in [5, 5.41) is 0. The molecule has 98 valence electrons. The van der Waals surface area contributed by atoms with Crippen LogP contribution in [0.3, 0.4) is 0 Å². The molecule has 0 spiro atoms. The Hall–Kier alpha value is -1.31. The van der Waals surface area contributed by atoms with Crippen LogP contribution in [-0.4, -0.2) is 11.4 Å². The fourth-order valence-corrected chi connectivity index (χ4v) is 2.61. The molecule has 1 aromatic carbocycles. The minimum absolute atomic E-state index is 0.114. The molecule has 0 aliphatic carbocycles. The summed E-state index contributed by atoms with van der Waals surface area (Å²) in [7, 11) is 0. The summed E-state index contributed by atoms with van der Waals surface area (Å²) in [4.78, 5) is 12.3. The van der Waals surface area contributed by atoms with Crippen LogP contribution in [0.4, 0.5) is 0 Å². The summed E-state index contributed by atoms with van der Waals surface area (Å²) in [5.74, 6) is 1.30. The van der Waals surface area contributed by atoms with Gasteiger partial charge in [-0.1, -0.05) is 20.3 Å². The van der Waals surface area contributed by atoms with Crippen LogP contribution in [0.25, 0.3) is 0 Å². The van der Waals surface area contributed by atoms with Gasteiger partial charge in [0.25, 0.3) is 0 Å². The summed E-state index contributed by atoms with van der Waals surface area (Å²) in [6.45, 7) is 8.28. The second-order valence-electron chi connectivity index (χ2n) is 5.92. The first-order valence-electron chi connectivity index (χ1n) is 6.79. The van der Waals surface area contributed by atoms with Gasteiger partial charge in [0.05, 0.1) is 0 Å². The maximum Gasteiger partial charge on any atom is 0.165 e. The molecule has 0 aromatic heterocycles. The number of benzene rings is 1. The van der Waals surface area contributed by atoms with Gasteiger partial charge in [-0.25, -0.2) is 0 Å². The van der Waals surface area contributed by atoms with Crippen LogP contribution in [0.2, 0.25) is 0 Å². The maximum absolute atomic E-state index is 12.3. The molecule has 1 heterocycles. The average molecular weight is 246 g/mol. The van der Waals surface area contributed by atoms with Gasteiger partial charge in [-0.15, -0.1) is 0 Å². The van der Waals surface area contributed by atoms with Crippen LogP contribution in [0, 0.1) is 5.92 Å². The van der Waals surface area contributed by atoms with Crippen LogP contribution < -0.4 is 4.74 Å². The number of hydrogen-bond donors (Lipinski definition) is 0. The van der Waals surface area contributed by atoms with Crippen molar-refractivity contribution in [3.05, 3.63) is 29.3 Å². The number of hydrogen-bond acceptors (Lipinski definition) is 2. The number of ketones is 1. The van der Waals surface area contributed by atoms with Crippen LogP contribution >= 0.6 is 0 Å². The monoisotopic (exact) mass is 246 g/mol. The molecule has 1 aliphatic rings. The molecular formula is C16H22O2. The van der Waals surface area contributed by atoms with E-state index in [-0.39, 0.29) is 17.3 Å². The highest BCUT2D eigenvalue weighted by atomic mass is 16.5. The van der Waals surface area contributed by atoms with Gasteiger partial charge in [0, 0.05) is 17.9 Å². The quantitative estimate of drug-likeness (QED) is 0.750. The van der Waals surface area contributed by atoms with Gasteiger partial charge in [-0.2, -0.15) is 0 Å². The first-order valence-corrected chi connectivity index (χ1v) is 6.79. The lowest BCUT2D eigenvalue weighted by Gasteiger charge is -2.16. The van der Waals surface area contributed by atoms with Crippen molar-refractivity contribution in [1.82, 2.24) is 0 Å². The fraction of sp³-hybridized carbons (Fsp3) is 0.562. The molecule has 1 unspecified atom stereocenters. The van der Waals surface area contributed by atoms with Gasteiger partial charge in [0.2, 0.25) is 0 Å². The SMILES string of the molecule is CCCC(C)C(=O)c1ccc2c(c1)CC(C)(C)O2. The molecule has 2 nitrogen and oxygen atoms in total. The molecule has 1 atom stereocenters. The Bertz CT molecular complexity index is 460. The van der Waals surface area contributed by atoms with Crippen molar-refractivity contribution in [1.29, 1.82) is 0 Å². The number of ether oxygens (including phenoxy) is 1. The van der Waals surface area contributed by atoms with Crippen LogP contribution in [0.15, 0.2) is 18.2 Å². The predicted octanol–water partition coefficient (Wildman–Crippen LogP) is 4.02. The van der Waals surface area contributed by atoms with Crippen LogP contribution in [0.1, 0.15) is 56.5 Å². The third-order valence-corrected chi connectivity index (χ3v) is 3.52. The molecule has 0 radical (unpaired) electrons. The first kappa shape index (κ1) is 13.1. The Morgan fingerprint density at radius 1 is 1.44 bits per heavy atom. The standard InChI is InChI=1S/C16H22O2/c1-5-6-11(2)15(17)12-7-8-14-13(9-12)10-16(3,4)18-14/h7-9,11H,5-6,10H2,1-4H3. The Kier molecular flexibility index (Phi) is 3.47. The largest absolute Gasteiger partial charge is 0.487 e. The topological polar surface area (TPSA) is 26.3 Å². The lowest BCUT2D eigenvalue weighted by molar-refractivity contribution is 0.0923. The molecule has 0 saturated heterocycles. The number of rotatable bonds is 4. The van der Waals surface area contributed by atoms with E-state index in [1.165, 1.54) is 0 Å². The Labute approximate surface area is 109 Å². The first-order chi connectivity index (χ1) is 8.43. The normalized spacial score (nSPS) is 18.0. The van der Waals surface area contributed by atoms with Gasteiger partial charge in [-0.3, -0.25) is 4.79 Å². The third kappa shape index (κ3) is 2.58. The van der Waals surface area contributed by atoms with E-state index in [4.69, 9.17) is 4.74 Å². The lowest BCUT2D eigenvalue weighted by atomic mass is 9.93. The van der Waals surface area contributed by atoms with E-state index < -0.39 is 0 Å². The Morgan fingerprint density at radius 2 is 2.17 bits per heavy atom. The number of carbonyl (C=O) groups excluding carboxylic acids is 1.